The predicted molar refractivity (Wildman–Crippen MR) is 271 cm³/mol. The average molecular weight is 1060 g/mol. The van der Waals surface area contributed by atoms with Gasteiger partial charge in [-0.3, -0.25) is 33.6 Å². The van der Waals surface area contributed by atoms with Crippen LogP contribution in [0.3, 0.4) is 0 Å². The highest BCUT2D eigenvalue weighted by atomic mass is 32.2. The normalized spacial score (nSPS) is 21.0. The summed E-state index contributed by atoms with van der Waals surface area (Å²) in [5.41, 5.74) is -0.877. The molecule has 0 aromatic carbocycles. The first-order chi connectivity index (χ1) is 34.9. The minimum atomic E-state index is -1.10. The molecule has 0 radical (unpaired) electrons. The Morgan fingerprint density at radius 1 is 0.685 bits per heavy atom. The van der Waals surface area contributed by atoms with Crippen LogP contribution in [0.25, 0.3) is 0 Å². The molecule has 6 amide bonds. The Hall–Kier alpha value is -6.75. The van der Waals surface area contributed by atoms with Crippen molar-refractivity contribution in [3.63, 3.8) is 0 Å². The van der Waals surface area contributed by atoms with Crippen LogP contribution in [0.4, 0.5) is 8.78 Å². The Morgan fingerprint density at radius 3 is 1.58 bits per heavy atom. The molecule has 0 saturated carbocycles. The molecule has 6 N–H and O–H groups in total. The van der Waals surface area contributed by atoms with Gasteiger partial charge in [0.25, 0.3) is 23.6 Å². The van der Waals surface area contributed by atoms with Crippen LogP contribution in [0.15, 0.2) is 72.1 Å². The number of unbranched alkanes of at least 4 members (excludes halogenated alkanes) is 4. The molecule has 0 fully saturated rings. The van der Waals surface area contributed by atoms with Crippen LogP contribution in [0.1, 0.15) is 131 Å². The number of cyclic esters (lactones) is 2. The number of amides is 6. The maximum absolute atomic E-state index is 14.3. The van der Waals surface area contributed by atoms with E-state index in [1.165, 1.54) is 58.0 Å². The number of rotatable bonds is 13. The number of halogens is 2. The monoisotopic (exact) mass is 1050 g/mol. The summed E-state index contributed by atoms with van der Waals surface area (Å²) in [4.78, 5) is 120. The minimum absolute atomic E-state index is 0.118. The number of pyridine rings is 2. The highest BCUT2D eigenvalue weighted by Crippen LogP contribution is 2.15. The zero-order valence-corrected chi connectivity index (χ0v) is 43.2. The van der Waals surface area contributed by atoms with Gasteiger partial charge in [0, 0.05) is 12.2 Å². The van der Waals surface area contributed by atoms with E-state index in [9.17, 15) is 51.9 Å². The Kier molecular flexibility index (Phi) is 26.8. The van der Waals surface area contributed by atoms with Gasteiger partial charge in [0.2, 0.25) is 11.8 Å². The van der Waals surface area contributed by atoms with Crippen molar-refractivity contribution in [2.75, 3.05) is 11.5 Å². The smallest absolute Gasteiger partial charge is 0.328 e. The second kappa shape index (κ2) is 32.3. The van der Waals surface area contributed by atoms with Gasteiger partial charge < -0.3 is 41.4 Å². The summed E-state index contributed by atoms with van der Waals surface area (Å²) >= 11 is 5.35. The van der Waals surface area contributed by atoms with E-state index in [0.717, 1.165) is 49.9 Å². The fourth-order valence-corrected chi connectivity index (χ4v) is 7.38. The van der Waals surface area contributed by atoms with E-state index < -0.39 is 83.3 Å². The maximum atomic E-state index is 14.3. The molecule has 0 unspecified atom stereocenters. The van der Waals surface area contributed by atoms with Crippen molar-refractivity contribution in [2.45, 2.75) is 136 Å². The van der Waals surface area contributed by atoms with E-state index in [0.29, 0.717) is 30.8 Å². The van der Waals surface area contributed by atoms with Gasteiger partial charge in [-0.1, -0.05) is 68.7 Å². The number of carbonyl (C=O) groups excluding carboxylic acids is 9. The van der Waals surface area contributed by atoms with Crippen LogP contribution >= 0.6 is 24.4 Å². The van der Waals surface area contributed by atoms with E-state index in [2.05, 4.69) is 61.4 Å². The van der Waals surface area contributed by atoms with Crippen LogP contribution in [-0.4, -0.2) is 98.3 Å². The van der Waals surface area contributed by atoms with Gasteiger partial charge in [-0.2, -0.15) is 12.6 Å². The Balaban J connectivity index is 0.000000397. The zero-order valence-electron chi connectivity index (χ0n) is 41.5. The molecule has 73 heavy (non-hydrogen) atoms. The molecule has 4 bridgehead atoms. The predicted octanol–water partition coefficient (Wildman–Crippen LogP) is 5.02. The van der Waals surface area contributed by atoms with Crippen molar-refractivity contribution in [1.82, 2.24) is 41.9 Å². The number of fused-ring (bicyclic) bond motifs is 4. The molecular weight excluding hydrogens is 991 g/mol. The van der Waals surface area contributed by atoms with Crippen LogP contribution in [0.2, 0.25) is 0 Å². The lowest BCUT2D eigenvalue weighted by Gasteiger charge is -2.20. The van der Waals surface area contributed by atoms with E-state index >= 15 is 0 Å². The highest BCUT2D eigenvalue weighted by Gasteiger charge is 2.27. The number of nitrogens with one attached hydrogen (secondary N) is 6. The third kappa shape index (κ3) is 21.9. The summed E-state index contributed by atoms with van der Waals surface area (Å²) in [7, 11) is 0. The van der Waals surface area contributed by atoms with Crippen LogP contribution in [0.5, 0.6) is 0 Å². The van der Waals surface area contributed by atoms with Crippen LogP contribution < -0.4 is 31.9 Å². The molecule has 396 valence electrons. The molecule has 23 heteroatoms. The number of allylic oxidation sites excluding steroid dienone is 4. The lowest BCUT2D eigenvalue weighted by atomic mass is 10.1. The van der Waals surface area contributed by atoms with E-state index in [-0.39, 0.29) is 65.2 Å². The molecule has 4 rings (SSSR count). The topological polar surface area (TPSA) is 270 Å². The van der Waals surface area contributed by atoms with Gasteiger partial charge in [-0.05, 0) is 89.1 Å². The summed E-state index contributed by atoms with van der Waals surface area (Å²) in [5.74, 6) is -5.93. The molecule has 0 spiro atoms. The minimum Gasteiger partial charge on any atom is -0.456 e. The lowest BCUT2D eigenvalue weighted by molar-refractivity contribution is -0.152. The number of thioether (sulfide) groups is 1. The van der Waals surface area contributed by atoms with E-state index in [4.69, 9.17) is 9.47 Å². The van der Waals surface area contributed by atoms with E-state index in [1.54, 1.807) is 24.3 Å². The first kappa shape index (κ1) is 60.6. The molecule has 2 aliphatic rings. The molecule has 0 saturated heterocycles. The number of carbonyl (C=O) groups is 9. The molecule has 2 aromatic rings. The number of aromatic nitrogens is 2. The summed E-state index contributed by atoms with van der Waals surface area (Å²) < 4.78 is 39.3. The second-order valence-electron chi connectivity index (χ2n) is 16.4. The zero-order chi connectivity index (χ0) is 53.9. The summed E-state index contributed by atoms with van der Waals surface area (Å²) in [6, 6.07) is 2.27. The number of nitrogens with zero attached hydrogens (tertiary/aromatic N) is 2. The third-order valence-corrected chi connectivity index (χ3v) is 11.7. The lowest BCUT2D eigenvalue weighted by Crippen LogP contribution is -2.44. The van der Waals surface area contributed by atoms with Crippen molar-refractivity contribution in [3.05, 3.63) is 107 Å². The fourth-order valence-electron chi connectivity index (χ4n) is 6.46. The van der Waals surface area contributed by atoms with Crippen molar-refractivity contribution >= 4 is 76.9 Å². The highest BCUT2D eigenvalue weighted by molar-refractivity contribution is 8.13. The van der Waals surface area contributed by atoms with E-state index in [1.807, 2.05) is 0 Å². The number of esters is 2. The molecule has 4 heterocycles. The third-order valence-electron chi connectivity index (χ3n) is 10.5. The standard InChI is InChI=1S/C29H39FN4O6S.C21H25FN4O5S/c1-4-6-7-8-9-13-26(36)41-16-11-10-12-20-17-25(35)31-18-24-21(30)14-15-23(33-24)28(38)34-22(5-2)27(37)32-19(3)29(39)40-20;1-3-15-19(28)24-12(2)21(30)31-13(6-4-5-9-32)10-18(27)23-11-17-14(22)7-8-16(25-17)20(29)26-15/h5,10,12,14-15,19-20H,4,6-9,11,13,16-18H2,1-3H3,(H,31,35)(H,32,37)(H,34,38);3-4,6-8,12-13,32H,5,9-11H2,1-2H3,(H,23,27)(H,24,28)(H,26,29)/b12-10+,22-5-;6-4+,15-3-/t19-,20+;12-,13+/m00/s1. The van der Waals surface area contributed by atoms with Crippen LogP contribution in [-0.2, 0) is 56.1 Å². The number of hydrogen-bond donors (Lipinski definition) is 7. The molecule has 2 aromatic heterocycles. The fraction of sp³-hybridized carbons (Fsp3) is 0.460. The van der Waals surface area contributed by atoms with Gasteiger partial charge in [-0.15, -0.1) is 0 Å². The molecular formula is C50H64F2N8O11S2. The van der Waals surface area contributed by atoms with Gasteiger partial charge in [-0.25, -0.2) is 28.3 Å². The van der Waals surface area contributed by atoms with Gasteiger partial charge in [0.05, 0.1) is 37.3 Å². The van der Waals surface area contributed by atoms with Gasteiger partial charge >= 0.3 is 11.9 Å². The summed E-state index contributed by atoms with van der Waals surface area (Å²) in [6.45, 7) is 7.44. The Bertz CT molecular complexity index is 2430. The SMILES string of the molecule is C/C=C1\NC(=O)c2ccc(F)c(n2)CNC(=O)C[C@@H](/C=C/CCS)OC(=O)[C@H](C)NC1=O.C/C=C1\NC(=O)c2ccc(F)c(n2)CNC(=O)C[C@@H](/C=C/CCSC(=O)CCCCCCC)OC(=O)[C@H](C)NC1=O. The first-order valence-electron chi connectivity index (χ1n) is 23.8. The molecule has 19 nitrogen and oxygen atoms in total. The first-order valence-corrected chi connectivity index (χ1v) is 25.4. The largest absolute Gasteiger partial charge is 0.456 e. The number of ether oxygens (including phenoxy) is 2. The van der Waals surface area contributed by atoms with Gasteiger partial charge in [0.15, 0.2) is 5.12 Å². The summed E-state index contributed by atoms with van der Waals surface area (Å²) in [6.07, 6.45) is 13.9. The van der Waals surface area contributed by atoms with Crippen molar-refractivity contribution in [1.29, 1.82) is 0 Å². The van der Waals surface area contributed by atoms with Crippen molar-refractivity contribution < 1.29 is 61.4 Å². The Labute approximate surface area is 432 Å². The van der Waals surface area contributed by atoms with Gasteiger partial charge in [0.1, 0.15) is 58.7 Å². The molecule has 2 aliphatic heterocycles. The van der Waals surface area contributed by atoms with Crippen molar-refractivity contribution in [2.24, 2.45) is 0 Å². The Morgan fingerprint density at radius 2 is 1.14 bits per heavy atom. The molecule has 4 atom stereocenters. The second-order valence-corrected chi connectivity index (χ2v) is 18.0. The van der Waals surface area contributed by atoms with Crippen molar-refractivity contribution in [3.8, 4) is 0 Å². The average Bonchev–Trinajstić information content (AvgIpc) is 3.35. The quantitative estimate of drug-likeness (QED) is 0.0457. The molecule has 0 aliphatic carbocycles. The maximum Gasteiger partial charge on any atom is 0.328 e. The number of hydrogen-bond acceptors (Lipinski definition) is 15. The number of thiol groups is 1. The summed E-state index contributed by atoms with van der Waals surface area (Å²) in [5, 5.41) is 14.8. The van der Waals surface area contributed by atoms with Crippen LogP contribution in [0, 0.1) is 11.6 Å².